The largest absolute Gasteiger partial charge is 0.416 e. The Morgan fingerprint density at radius 2 is 1.81 bits per heavy atom. The number of hydrogen-bond acceptors (Lipinski definition) is 2. The lowest BCUT2D eigenvalue weighted by molar-refractivity contribution is -0.137. The molecule has 0 spiro atoms. The van der Waals surface area contributed by atoms with Crippen molar-refractivity contribution in [2.45, 2.75) is 24.6 Å². The second-order valence-electron chi connectivity index (χ2n) is 3.58. The van der Waals surface area contributed by atoms with Gasteiger partial charge in [-0.1, -0.05) is 0 Å². The summed E-state index contributed by atoms with van der Waals surface area (Å²) in [6.07, 6.45) is -1.74. The van der Waals surface area contributed by atoms with Crippen molar-refractivity contribution in [2.24, 2.45) is 5.73 Å². The van der Waals surface area contributed by atoms with E-state index in [1.54, 1.807) is 0 Å². The number of hydrogen-bond donors (Lipinski definition) is 1. The maximum absolute atomic E-state index is 12.3. The van der Waals surface area contributed by atoms with Crippen LogP contribution in [0.25, 0.3) is 0 Å². The van der Waals surface area contributed by atoms with Crippen LogP contribution in [0.2, 0.25) is 0 Å². The fourth-order valence-corrected chi connectivity index (χ4v) is 1.27. The van der Waals surface area contributed by atoms with Gasteiger partial charge in [-0.15, -0.1) is 24.8 Å². The highest BCUT2D eigenvalue weighted by atomic mass is 35.5. The molecule has 1 saturated carbocycles. The minimum atomic E-state index is -4.32. The number of nitrogens with two attached hydrogens (primary N) is 1. The van der Waals surface area contributed by atoms with Crippen LogP contribution in [0.3, 0.4) is 0 Å². The topological polar surface area (TPSA) is 38.9 Å². The number of nitrogens with zero attached hydrogens (tertiary/aromatic N) is 1. The average Bonchev–Trinajstić information content (AvgIpc) is 2.84. The molecule has 2 nitrogen and oxygen atoms in total. The van der Waals surface area contributed by atoms with Crippen molar-refractivity contribution >= 4 is 24.8 Å². The van der Waals surface area contributed by atoms with Crippen molar-refractivity contribution in [1.82, 2.24) is 4.98 Å². The Morgan fingerprint density at radius 1 is 1.25 bits per heavy atom. The van der Waals surface area contributed by atoms with E-state index in [0.29, 0.717) is 18.5 Å². The van der Waals surface area contributed by atoms with E-state index < -0.39 is 17.3 Å². The molecule has 0 aliphatic heterocycles. The van der Waals surface area contributed by atoms with Gasteiger partial charge in [0.2, 0.25) is 0 Å². The first-order valence-corrected chi connectivity index (χ1v) is 4.24. The molecule has 1 fully saturated rings. The van der Waals surface area contributed by atoms with Crippen LogP contribution in [-0.2, 0) is 11.7 Å². The molecule has 1 aromatic heterocycles. The monoisotopic (exact) mass is 274 g/mol. The average molecular weight is 275 g/mol. The first kappa shape index (κ1) is 15.5. The molecule has 0 aromatic carbocycles. The molecule has 0 atom stereocenters. The van der Waals surface area contributed by atoms with Gasteiger partial charge >= 0.3 is 6.18 Å². The molecular formula is C9H11Cl2F3N2. The molecule has 0 radical (unpaired) electrons. The zero-order chi connectivity index (χ0) is 10.4. The Kier molecular flexibility index (Phi) is 4.62. The van der Waals surface area contributed by atoms with E-state index in [1.807, 2.05) is 0 Å². The van der Waals surface area contributed by atoms with Crippen LogP contribution in [0.5, 0.6) is 0 Å². The second kappa shape index (κ2) is 4.77. The number of alkyl halides is 3. The Hall–Kier alpha value is -0.520. The summed E-state index contributed by atoms with van der Waals surface area (Å²) in [6.45, 7) is 0. The van der Waals surface area contributed by atoms with E-state index in [2.05, 4.69) is 4.98 Å². The van der Waals surface area contributed by atoms with Gasteiger partial charge in [0, 0.05) is 6.20 Å². The van der Waals surface area contributed by atoms with Crippen molar-refractivity contribution in [1.29, 1.82) is 0 Å². The van der Waals surface area contributed by atoms with Crippen LogP contribution in [-0.4, -0.2) is 4.98 Å². The van der Waals surface area contributed by atoms with Gasteiger partial charge < -0.3 is 5.73 Å². The molecule has 2 N–H and O–H groups in total. The number of pyridine rings is 1. The van der Waals surface area contributed by atoms with E-state index in [-0.39, 0.29) is 24.8 Å². The molecule has 7 heteroatoms. The predicted octanol–water partition coefficient (Wildman–Crippen LogP) is 2.89. The Morgan fingerprint density at radius 3 is 2.25 bits per heavy atom. The third kappa shape index (κ3) is 2.99. The summed E-state index contributed by atoms with van der Waals surface area (Å²) in [5, 5.41) is 0. The van der Waals surface area contributed by atoms with Crippen molar-refractivity contribution in [3.05, 3.63) is 29.6 Å². The van der Waals surface area contributed by atoms with E-state index in [1.165, 1.54) is 0 Å². The molecule has 92 valence electrons. The molecule has 0 bridgehead atoms. The smallest absolute Gasteiger partial charge is 0.320 e. The lowest BCUT2D eigenvalue weighted by Gasteiger charge is -2.11. The summed E-state index contributed by atoms with van der Waals surface area (Å²) in [6, 6.07) is 1.99. The predicted molar refractivity (Wildman–Crippen MR) is 58.8 cm³/mol. The zero-order valence-corrected chi connectivity index (χ0v) is 9.75. The summed E-state index contributed by atoms with van der Waals surface area (Å²) in [5.74, 6) is 0. The molecule has 1 aliphatic carbocycles. The van der Waals surface area contributed by atoms with Crippen molar-refractivity contribution in [2.75, 3.05) is 0 Å². The molecule has 1 aliphatic rings. The van der Waals surface area contributed by atoms with Crippen LogP contribution in [0.1, 0.15) is 24.1 Å². The van der Waals surface area contributed by atoms with E-state index in [9.17, 15) is 13.2 Å². The van der Waals surface area contributed by atoms with Gasteiger partial charge in [-0.2, -0.15) is 13.2 Å². The lowest BCUT2D eigenvalue weighted by Crippen LogP contribution is -2.21. The Balaban J connectivity index is 0.00000112. The quantitative estimate of drug-likeness (QED) is 0.855. The normalized spacial score (nSPS) is 17.0. The molecule has 0 amide bonds. The highest BCUT2D eigenvalue weighted by Crippen LogP contribution is 2.42. The van der Waals surface area contributed by atoms with Crippen LogP contribution in [0.4, 0.5) is 13.2 Å². The van der Waals surface area contributed by atoms with E-state index in [4.69, 9.17) is 5.73 Å². The lowest BCUT2D eigenvalue weighted by atomic mass is 10.1. The van der Waals surface area contributed by atoms with Gasteiger partial charge in [-0.25, -0.2) is 0 Å². The van der Waals surface area contributed by atoms with Crippen molar-refractivity contribution in [3.63, 3.8) is 0 Å². The van der Waals surface area contributed by atoms with Gasteiger partial charge in [0.15, 0.2) is 0 Å². The molecule has 16 heavy (non-hydrogen) atoms. The van der Waals surface area contributed by atoms with E-state index >= 15 is 0 Å². The summed E-state index contributed by atoms with van der Waals surface area (Å²) in [7, 11) is 0. The van der Waals surface area contributed by atoms with Gasteiger partial charge in [-0.3, -0.25) is 4.98 Å². The van der Waals surface area contributed by atoms with Crippen LogP contribution < -0.4 is 5.73 Å². The molecule has 1 heterocycles. The maximum Gasteiger partial charge on any atom is 0.416 e. The summed E-state index contributed by atoms with van der Waals surface area (Å²) < 4.78 is 36.9. The van der Waals surface area contributed by atoms with Crippen LogP contribution in [0.15, 0.2) is 18.3 Å². The number of aromatic nitrogens is 1. The Bertz CT molecular complexity index is 344. The second-order valence-corrected chi connectivity index (χ2v) is 3.58. The summed E-state index contributed by atoms with van der Waals surface area (Å²) >= 11 is 0. The molecular weight excluding hydrogens is 264 g/mol. The third-order valence-electron chi connectivity index (χ3n) is 2.39. The minimum absolute atomic E-state index is 0. The fourth-order valence-electron chi connectivity index (χ4n) is 1.27. The first-order chi connectivity index (χ1) is 6.42. The molecule has 0 saturated heterocycles. The van der Waals surface area contributed by atoms with Crippen LogP contribution in [0, 0.1) is 0 Å². The van der Waals surface area contributed by atoms with Crippen molar-refractivity contribution in [3.8, 4) is 0 Å². The minimum Gasteiger partial charge on any atom is -0.320 e. The molecule has 0 unspecified atom stereocenters. The van der Waals surface area contributed by atoms with Crippen molar-refractivity contribution < 1.29 is 13.2 Å². The van der Waals surface area contributed by atoms with E-state index in [0.717, 1.165) is 18.3 Å². The summed E-state index contributed by atoms with van der Waals surface area (Å²) in [5.41, 5.74) is 4.80. The van der Waals surface area contributed by atoms with Gasteiger partial charge in [-0.05, 0) is 25.0 Å². The number of halogens is 5. The Labute approximate surface area is 103 Å². The maximum atomic E-state index is 12.3. The van der Waals surface area contributed by atoms with Gasteiger partial charge in [0.05, 0.1) is 16.8 Å². The number of rotatable bonds is 1. The third-order valence-corrected chi connectivity index (χ3v) is 2.39. The fraction of sp³-hybridized carbons (Fsp3) is 0.444. The zero-order valence-electron chi connectivity index (χ0n) is 8.12. The standard InChI is InChI=1S/C9H9F3N2.2ClH/c10-9(11,12)6-1-4-14-7(5-6)8(13)2-3-8;;/h1,4-5H,2-3,13H2;2*1H. The molecule has 1 aromatic rings. The highest BCUT2D eigenvalue weighted by molar-refractivity contribution is 5.85. The van der Waals surface area contributed by atoms with Gasteiger partial charge in [0.25, 0.3) is 0 Å². The SMILES string of the molecule is Cl.Cl.NC1(c2cc(C(F)(F)F)ccn2)CC1. The van der Waals surface area contributed by atoms with Gasteiger partial charge in [0.1, 0.15) is 0 Å². The van der Waals surface area contributed by atoms with Crippen LogP contribution >= 0.6 is 24.8 Å². The summed E-state index contributed by atoms with van der Waals surface area (Å²) in [4.78, 5) is 3.86. The highest BCUT2D eigenvalue weighted by Gasteiger charge is 2.42. The first-order valence-electron chi connectivity index (χ1n) is 4.24. The molecule has 2 rings (SSSR count).